The molecule has 0 atom stereocenters. The van der Waals surface area contributed by atoms with Crippen LogP contribution in [0.2, 0.25) is 0 Å². The summed E-state index contributed by atoms with van der Waals surface area (Å²) in [5.74, 6) is 1.80. The van der Waals surface area contributed by atoms with E-state index in [0.717, 1.165) is 10.6 Å². The minimum absolute atomic E-state index is 0.179. The molecule has 0 saturated heterocycles. The third kappa shape index (κ3) is 3.09. The number of nitrogens with one attached hydrogen (secondary N) is 2. The molecule has 0 unspecified atom stereocenters. The van der Waals surface area contributed by atoms with Gasteiger partial charge in [0.15, 0.2) is 23.0 Å². The second kappa shape index (κ2) is 6.82. The van der Waals surface area contributed by atoms with E-state index in [0.29, 0.717) is 28.7 Å². The van der Waals surface area contributed by atoms with Crippen molar-refractivity contribution in [3.8, 4) is 22.1 Å². The van der Waals surface area contributed by atoms with E-state index < -0.39 is 0 Å². The van der Waals surface area contributed by atoms with Crippen molar-refractivity contribution in [3.05, 3.63) is 53.7 Å². The molecule has 0 aliphatic carbocycles. The molecule has 3 aromatic heterocycles. The van der Waals surface area contributed by atoms with E-state index in [1.165, 1.54) is 0 Å². The monoisotopic (exact) mass is 394 g/mol. The topological polar surface area (TPSA) is 103 Å². The number of ether oxygens (including phenoxy) is 2. The largest absolute Gasteiger partial charge is 0.454 e. The first-order valence-electron chi connectivity index (χ1n) is 8.46. The fraction of sp³-hybridized carbons (Fsp3) is 0.111. The number of fused-ring (bicyclic) bond motifs is 2. The van der Waals surface area contributed by atoms with Crippen molar-refractivity contribution in [1.82, 2.24) is 25.1 Å². The summed E-state index contributed by atoms with van der Waals surface area (Å²) >= 11 is 1.61. The first kappa shape index (κ1) is 16.5. The summed E-state index contributed by atoms with van der Waals surface area (Å²) in [6, 6.07) is 12.6. The summed E-state index contributed by atoms with van der Waals surface area (Å²) in [5, 5.41) is 20.3. The molecule has 4 aromatic rings. The number of benzene rings is 1. The van der Waals surface area contributed by atoms with Crippen molar-refractivity contribution in [2.24, 2.45) is 0 Å². The molecule has 0 bridgehead atoms. The number of aromatic nitrogens is 4. The molecule has 0 fully saturated rings. The van der Waals surface area contributed by atoms with Gasteiger partial charge in [-0.05, 0) is 35.7 Å². The molecule has 4 heterocycles. The van der Waals surface area contributed by atoms with Crippen molar-refractivity contribution < 1.29 is 14.3 Å². The molecule has 0 spiro atoms. The fourth-order valence-electron chi connectivity index (χ4n) is 2.81. The van der Waals surface area contributed by atoms with Crippen LogP contribution in [-0.2, 0) is 6.54 Å². The smallest absolute Gasteiger partial charge is 0.319 e. The minimum atomic E-state index is -0.370. The lowest BCUT2D eigenvalue weighted by Crippen LogP contribution is -2.29. The highest BCUT2D eigenvalue weighted by molar-refractivity contribution is 7.13. The minimum Gasteiger partial charge on any atom is -0.454 e. The average Bonchev–Trinajstić information content (AvgIpc) is 3.45. The van der Waals surface area contributed by atoms with Crippen LogP contribution >= 0.6 is 11.3 Å². The number of carbonyl (C=O) groups excluding carboxylic acids is 1. The van der Waals surface area contributed by atoms with E-state index in [2.05, 4.69) is 25.9 Å². The number of thiophene rings is 1. The molecule has 1 aromatic carbocycles. The van der Waals surface area contributed by atoms with Crippen LogP contribution in [0.25, 0.3) is 16.2 Å². The van der Waals surface area contributed by atoms with Crippen LogP contribution in [0, 0.1) is 0 Å². The number of amides is 2. The summed E-state index contributed by atoms with van der Waals surface area (Å²) in [4.78, 5) is 13.3. The van der Waals surface area contributed by atoms with Gasteiger partial charge >= 0.3 is 6.03 Å². The summed E-state index contributed by atoms with van der Waals surface area (Å²) in [5.41, 5.74) is 2.05. The first-order chi connectivity index (χ1) is 13.8. The van der Waals surface area contributed by atoms with Gasteiger partial charge in [0.2, 0.25) is 6.79 Å². The lowest BCUT2D eigenvalue weighted by molar-refractivity contribution is 0.174. The Hall–Kier alpha value is -3.66. The third-order valence-electron chi connectivity index (χ3n) is 4.14. The van der Waals surface area contributed by atoms with E-state index in [1.807, 2.05) is 29.6 Å². The van der Waals surface area contributed by atoms with Crippen molar-refractivity contribution in [1.29, 1.82) is 0 Å². The highest BCUT2D eigenvalue weighted by Crippen LogP contribution is 2.34. The van der Waals surface area contributed by atoms with Crippen LogP contribution in [0.15, 0.2) is 47.8 Å². The molecule has 0 radical (unpaired) electrons. The van der Waals surface area contributed by atoms with Crippen molar-refractivity contribution in [2.45, 2.75) is 6.54 Å². The Kier molecular flexibility index (Phi) is 4.02. The van der Waals surface area contributed by atoms with Gasteiger partial charge in [0.05, 0.1) is 11.4 Å². The highest BCUT2D eigenvalue weighted by Gasteiger charge is 2.15. The second-order valence-electron chi connectivity index (χ2n) is 5.96. The maximum atomic E-state index is 12.2. The fourth-order valence-corrected chi connectivity index (χ4v) is 3.50. The molecule has 9 nitrogen and oxygen atoms in total. The van der Waals surface area contributed by atoms with Crippen molar-refractivity contribution in [3.63, 3.8) is 0 Å². The van der Waals surface area contributed by atoms with Gasteiger partial charge < -0.3 is 20.1 Å². The molecule has 140 valence electrons. The Bertz CT molecular complexity index is 1160. The van der Waals surface area contributed by atoms with Crippen LogP contribution in [0.1, 0.15) is 5.82 Å². The maximum Gasteiger partial charge on any atom is 0.319 e. The van der Waals surface area contributed by atoms with Crippen LogP contribution < -0.4 is 20.1 Å². The maximum absolute atomic E-state index is 12.2. The molecular weight excluding hydrogens is 380 g/mol. The standard InChI is InChI=1S/C18H14N6O3S/c25-18(20-11-3-5-13-14(8-11)27-10-26-13)19-9-17-22-21-16-6-4-12(23-24(16)17)15-2-1-7-28-15/h1-8H,9-10H2,(H2,19,20,25). The summed E-state index contributed by atoms with van der Waals surface area (Å²) in [6.45, 7) is 0.365. The zero-order valence-electron chi connectivity index (χ0n) is 14.5. The number of hydrogen-bond donors (Lipinski definition) is 2. The molecule has 2 N–H and O–H groups in total. The Morgan fingerprint density at radius 3 is 2.96 bits per heavy atom. The van der Waals surface area contributed by atoms with Crippen LogP contribution in [0.3, 0.4) is 0 Å². The summed E-state index contributed by atoms with van der Waals surface area (Å²) in [6.07, 6.45) is 0. The quantitative estimate of drug-likeness (QED) is 0.552. The average molecular weight is 394 g/mol. The number of carbonyl (C=O) groups is 1. The van der Waals surface area contributed by atoms with Crippen LogP contribution in [0.5, 0.6) is 11.5 Å². The van der Waals surface area contributed by atoms with E-state index in [1.54, 1.807) is 34.1 Å². The SMILES string of the molecule is O=C(NCc1nnc2ccc(-c3cccs3)nn12)Nc1ccc2c(c1)OCO2. The van der Waals surface area contributed by atoms with E-state index in [9.17, 15) is 4.79 Å². The van der Waals surface area contributed by atoms with E-state index >= 15 is 0 Å². The molecular formula is C18H14N6O3S. The molecule has 28 heavy (non-hydrogen) atoms. The number of rotatable bonds is 4. The van der Waals surface area contributed by atoms with E-state index in [-0.39, 0.29) is 19.4 Å². The van der Waals surface area contributed by atoms with Crippen molar-refractivity contribution in [2.75, 3.05) is 12.1 Å². The Labute approximate surface area is 162 Å². The van der Waals surface area contributed by atoms with Gasteiger partial charge in [0.1, 0.15) is 5.69 Å². The molecule has 10 heteroatoms. The normalized spacial score (nSPS) is 12.3. The highest BCUT2D eigenvalue weighted by atomic mass is 32.1. The van der Waals surface area contributed by atoms with Gasteiger partial charge in [-0.3, -0.25) is 0 Å². The summed E-state index contributed by atoms with van der Waals surface area (Å²) in [7, 11) is 0. The summed E-state index contributed by atoms with van der Waals surface area (Å²) < 4.78 is 12.2. The predicted molar refractivity (Wildman–Crippen MR) is 103 cm³/mol. The first-order valence-corrected chi connectivity index (χ1v) is 9.34. The van der Waals surface area contributed by atoms with Gasteiger partial charge in [-0.25, -0.2) is 4.79 Å². The Morgan fingerprint density at radius 2 is 2.07 bits per heavy atom. The Balaban J connectivity index is 1.29. The Morgan fingerprint density at radius 1 is 1.14 bits per heavy atom. The zero-order chi connectivity index (χ0) is 18.9. The number of hydrogen-bond acceptors (Lipinski definition) is 7. The lowest BCUT2D eigenvalue weighted by atomic mass is 10.3. The zero-order valence-corrected chi connectivity index (χ0v) is 15.3. The molecule has 5 rings (SSSR count). The van der Waals surface area contributed by atoms with Crippen LogP contribution in [0.4, 0.5) is 10.5 Å². The molecule has 0 saturated carbocycles. The lowest BCUT2D eigenvalue weighted by Gasteiger charge is -2.07. The molecule has 1 aliphatic rings. The number of anilines is 1. The third-order valence-corrected chi connectivity index (χ3v) is 5.03. The van der Waals surface area contributed by atoms with Crippen molar-refractivity contribution >= 4 is 28.7 Å². The van der Waals surface area contributed by atoms with Crippen LogP contribution in [-0.4, -0.2) is 32.6 Å². The van der Waals surface area contributed by atoms with Gasteiger partial charge in [-0.2, -0.15) is 9.61 Å². The second-order valence-corrected chi connectivity index (χ2v) is 6.91. The van der Waals surface area contributed by atoms with E-state index in [4.69, 9.17) is 9.47 Å². The van der Waals surface area contributed by atoms with Gasteiger partial charge in [0.25, 0.3) is 0 Å². The molecule has 2 amide bonds. The predicted octanol–water partition coefficient (Wildman–Crippen LogP) is 2.90. The number of urea groups is 1. The van der Waals surface area contributed by atoms with Gasteiger partial charge in [-0.1, -0.05) is 6.07 Å². The number of nitrogens with zero attached hydrogens (tertiary/aromatic N) is 4. The van der Waals surface area contributed by atoms with Gasteiger partial charge in [-0.15, -0.1) is 21.5 Å². The van der Waals surface area contributed by atoms with Gasteiger partial charge in [0, 0.05) is 11.8 Å². The molecule has 1 aliphatic heterocycles.